The maximum atomic E-state index is 11.8. The monoisotopic (exact) mass is 230 g/mol. The summed E-state index contributed by atoms with van der Waals surface area (Å²) in [7, 11) is 0. The van der Waals surface area contributed by atoms with E-state index in [1.165, 1.54) is 0 Å². The molecule has 0 saturated carbocycles. The third-order valence-electron chi connectivity index (χ3n) is 2.63. The summed E-state index contributed by atoms with van der Waals surface area (Å²) >= 11 is 0. The number of aliphatic hydroxyl groups excluding tert-OH is 1. The van der Waals surface area contributed by atoms with E-state index < -0.39 is 6.04 Å². The van der Waals surface area contributed by atoms with E-state index >= 15 is 0 Å². The van der Waals surface area contributed by atoms with Gasteiger partial charge in [-0.05, 0) is 24.7 Å². The third kappa shape index (κ3) is 6.08. The van der Waals surface area contributed by atoms with Crippen molar-refractivity contribution in [2.75, 3.05) is 6.61 Å². The fourth-order valence-corrected chi connectivity index (χ4v) is 1.62. The van der Waals surface area contributed by atoms with Crippen LogP contribution in [0.3, 0.4) is 0 Å². The summed E-state index contributed by atoms with van der Waals surface area (Å²) in [6.07, 6.45) is 1.27. The van der Waals surface area contributed by atoms with Crippen LogP contribution >= 0.6 is 0 Å². The number of carbonyl (C=O) groups is 1. The van der Waals surface area contributed by atoms with Gasteiger partial charge in [-0.1, -0.05) is 27.7 Å². The smallest absolute Gasteiger partial charge is 0.237 e. The number of hydrogen-bond donors (Lipinski definition) is 3. The van der Waals surface area contributed by atoms with Gasteiger partial charge in [0, 0.05) is 12.6 Å². The Morgan fingerprint density at radius 2 is 1.88 bits per heavy atom. The lowest BCUT2D eigenvalue weighted by Crippen LogP contribution is -2.47. The summed E-state index contributed by atoms with van der Waals surface area (Å²) in [6.45, 7) is 8.22. The molecule has 1 amide bonds. The number of hydrogen-bond acceptors (Lipinski definition) is 3. The summed E-state index contributed by atoms with van der Waals surface area (Å²) in [5.74, 6) is 0.610. The Hall–Kier alpha value is -0.610. The molecule has 2 atom stereocenters. The molecular formula is C12H26N2O2. The van der Waals surface area contributed by atoms with Crippen molar-refractivity contribution >= 4 is 5.91 Å². The van der Waals surface area contributed by atoms with E-state index in [1.807, 2.05) is 27.7 Å². The fourth-order valence-electron chi connectivity index (χ4n) is 1.62. The van der Waals surface area contributed by atoms with E-state index in [0.717, 1.165) is 0 Å². The van der Waals surface area contributed by atoms with Crippen LogP contribution in [0.1, 0.15) is 40.5 Å². The molecule has 16 heavy (non-hydrogen) atoms. The number of amides is 1. The molecular weight excluding hydrogens is 204 g/mol. The lowest BCUT2D eigenvalue weighted by molar-refractivity contribution is -0.123. The van der Waals surface area contributed by atoms with Crippen molar-refractivity contribution in [2.45, 2.75) is 52.6 Å². The van der Waals surface area contributed by atoms with Crippen molar-refractivity contribution in [1.29, 1.82) is 0 Å². The van der Waals surface area contributed by atoms with Crippen LogP contribution in [-0.4, -0.2) is 29.7 Å². The van der Waals surface area contributed by atoms with Gasteiger partial charge in [-0.3, -0.25) is 4.79 Å². The van der Waals surface area contributed by atoms with Gasteiger partial charge in [0.05, 0.1) is 6.04 Å². The Morgan fingerprint density at radius 3 is 2.25 bits per heavy atom. The van der Waals surface area contributed by atoms with Gasteiger partial charge in [0.25, 0.3) is 0 Å². The topological polar surface area (TPSA) is 75.4 Å². The molecule has 0 aliphatic heterocycles. The molecule has 0 aromatic heterocycles. The van der Waals surface area contributed by atoms with Crippen molar-refractivity contribution in [3.8, 4) is 0 Å². The Labute approximate surface area is 98.6 Å². The van der Waals surface area contributed by atoms with Crippen molar-refractivity contribution in [2.24, 2.45) is 17.6 Å². The highest BCUT2D eigenvalue weighted by Gasteiger charge is 2.20. The maximum Gasteiger partial charge on any atom is 0.237 e. The molecule has 0 bridgehead atoms. The first-order chi connectivity index (χ1) is 7.38. The largest absolute Gasteiger partial charge is 0.396 e. The minimum atomic E-state index is -0.444. The highest BCUT2D eigenvalue weighted by atomic mass is 16.3. The van der Waals surface area contributed by atoms with Gasteiger partial charge in [-0.2, -0.15) is 0 Å². The fraction of sp³-hybridized carbons (Fsp3) is 0.917. The molecule has 96 valence electrons. The van der Waals surface area contributed by atoms with Crippen LogP contribution in [0.5, 0.6) is 0 Å². The van der Waals surface area contributed by atoms with Crippen LogP contribution in [0.15, 0.2) is 0 Å². The lowest BCUT2D eigenvalue weighted by Gasteiger charge is -2.24. The van der Waals surface area contributed by atoms with E-state index in [1.54, 1.807) is 0 Å². The van der Waals surface area contributed by atoms with Gasteiger partial charge >= 0.3 is 0 Å². The van der Waals surface area contributed by atoms with Gasteiger partial charge in [0.1, 0.15) is 0 Å². The molecule has 4 N–H and O–H groups in total. The molecule has 0 aliphatic carbocycles. The molecule has 0 aromatic rings. The van der Waals surface area contributed by atoms with Crippen LogP contribution in [0.4, 0.5) is 0 Å². The van der Waals surface area contributed by atoms with Crippen molar-refractivity contribution < 1.29 is 9.90 Å². The highest BCUT2D eigenvalue weighted by molar-refractivity contribution is 5.81. The minimum absolute atomic E-state index is 0.00992. The number of nitrogens with one attached hydrogen (secondary N) is 1. The molecule has 0 aliphatic rings. The van der Waals surface area contributed by atoms with Gasteiger partial charge in [-0.15, -0.1) is 0 Å². The zero-order chi connectivity index (χ0) is 12.7. The van der Waals surface area contributed by atoms with Crippen molar-refractivity contribution in [3.05, 3.63) is 0 Å². The molecule has 0 fully saturated rings. The summed E-state index contributed by atoms with van der Waals surface area (Å²) < 4.78 is 0. The molecule has 4 nitrogen and oxygen atoms in total. The van der Waals surface area contributed by atoms with Gasteiger partial charge in [0.15, 0.2) is 0 Å². The second-order valence-corrected chi connectivity index (χ2v) is 5.11. The standard InChI is InChI=1S/C12H26N2O2/c1-8(2)7-10(13)12(16)14-11(5-6-15)9(3)4/h8-11,15H,5-7,13H2,1-4H3,(H,14,16)/t10-,11?/m0/s1. The average Bonchev–Trinajstić information content (AvgIpc) is 2.15. The number of rotatable bonds is 7. The molecule has 0 saturated heterocycles. The molecule has 0 heterocycles. The molecule has 0 radical (unpaired) electrons. The van der Waals surface area contributed by atoms with E-state index in [2.05, 4.69) is 5.32 Å². The summed E-state index contributed by atoms with van der Waals surface area (Å²) in [6, 6.07) is -0.435. The maximum absolute atomic E-state index is 11.8. The summed E-state index contributed by atoms with van der Waals surface area (Å²) in [5, 5.41) is 11.8. The van der Waals surface area contributed by atoms with E-state index in [4.69, 9.17) is 10.8 Å². The first kappa shape index (κ1) is 15.4. The van der Waals surface area contributed by atoms with Crippen molar-refractivity contribution in [3.63, 3.8) is 0 Å². The second kappa shape index (κ2) is 7.63. The third-order valence-corrected chi connectivity index (χ3v) is 2.63. The number of aliphatic hydroxyl groups is 1. The number of carbonyl (C=O) groups excluding carboxylic acids is 1. The Balaban J connectivity index is 4.17. The van der Waals surface area contributed by atoms with E-state index in [9.17, 15) is 4.79 Å². The van der Waals surface area contributed by atoms with Crippen LogP contribution in [0.2, 0.25) is 0 Å². The predicted molar refractivity (Wildman–Crippen MR) is 65.9 cm³/mol. The zero-order valence-electron chi connectivity index (χ0n) is 10.9. The molecule has 0 rings (SSSR count). The Kier molecular flexibility index (Phi) is 7.34. The van der Waals surface area contributed by atoms with E-state index in [0.29, 0.717) is 24.7 Å². The Morgan fingerprint density at radius 1 is 1.31 bits per heavy atom. The molecule has 1 unspecified atom stereocenters. The molecule has 0 aromatic carbocycles. The van der Waals surface area contributed by atoms with Crippen LogP contribution in [0, 0.1) is 11.8 Å². The van der Waals surface area contributed by atoms with Gasteiger partial charge < -0.3 is 16.2 Å². The van der Waals surface area contributed by atoms with E-state index in [-0.39, 0.29) is 18.6 Å². The SMILES string of the molecule is CC(C)C[C@H](N)C(=O)NC(CCO)C(C)C. The van der Waals surface area contributed by atoms with Crippen LogP contribution < -0.4 is 11.1 Å². The average molecular weight is 230 g/mol. The summed E-state index contributed by atoms with van der Waals surface area (Å²) in [5.41, 5.74) is 5.79. The normalized spacial score (nSPS) is 15.2. The van der Waals surface area contributed by atoms with Crippen LogP contribution in [0.25, 0.3) is 0 Å². The first-order valence-corrected chi connectivity index (χ1v) is 6.05. The minimum Gasteiger partial charge on any atom is -0.396 e. The first-order valence-electron chi connectivity index (χ1n) is 6.05. The van der Waals surface area contributed by atoms with Crippen LogP contribution in [-0.2, 0) is 4.79 Å². The van der Waals surface area contributed by atoms with Gasteiger partial charge in [0.2, 0.25) is 5.91 Å². The predicted octanol–water partition coefficient (Wildman–Crippen LogP) is 0.883. The highest BCUT2D eigenvalue weighted by Crippen LogP contribution is 2.07. The second-order valence-electron chi connectivity index (χ2n) is 5.11. The lowest BCUT2D eigenvalue weighted by atomic mass is 9.99. The summed E-state index contributed by atoms with van der Waals surface area (Å²) in [4.78, 5) is 11.8. The molecule has 0 spiro atoms. The van der Waals surface area contributed by atoms with Gasteiger partial charge in [-0.25, -0.2) is 0 Å². The molecule has 4 heteroatoms. The quantitative estimate of drug-likeness (QED) is 0.608. The number of nitrogens with two attached hydrogens (primary N) is 1. The van der Waals surface area contributed by atoms with Crippen molar-refractivity contribution in [1.82, 2.24) is 5.32 Å². The Bertz CT molecular complexity index is 205. The zero-order valence-corrected chi connectivity index (χ0v) is 10.9.